The summed E-state index contributed by atoms with van der Waals surface area (Å²) in [4.78, 5) is 0. The van der Waals surface area contributed by atoms with E-state index in [-0.39, 0.29) is 5.41 Å². The van der Waals surface area contributed by atoms with Gasteiger partial charge in [-0.25, -0.2) is 0 Å². The van der Waals surface area contributed by atoms with Gasteiger partial charge >= 0.3 is 152 Å². The van der Waals surface area contributed by atoms with Crippen molar-refractivity contribution in [2.24, 2.45) is 0 Å². The van der Waals surface area contributed by atoms with Crippen LogP contribution in [-0.4, -0.2) is 17.7 Å². The van der Waals surface area contributed by atoms with E-state index >= 15 is 0 Å². The van der Waals surface area contributed by atoms with Gasteiger partial charge in [-0.3, -0.25) is 0 Å². The predicted molar refractivity (Wildman–Crippen MR) is 102 cm³/mol. The van der Waals surface area contributed by atoms with Crippen molar-refractivity contribution in [2.75, 3.05) is 0 Å². The maximum atomic E-state index is 2.36. The molecule has 1 heteroatoms. The molecule has 0 radical (unpaired) electrons. The minimum absolute atomic E-state index is 0.217. The molecule has 0 aliphatic carbocycles. The number of hydrogen-bond donors (Lipinski definition) is 0. The summed E-state index contributed by atoms with van der Waals surface area (Å²) in [6, 6.07) is 20.0. The SMILES string of the molecule is [Li][CH](CCC(CC)c1ccccc1C(C)(C)C)c1ccccc1. The van der Waals surface area contributed by atoms with Crippen LogP contribution >= 0.6 is 0 Å². The summed E-state index contributed by atoms with van der Waals surface area (Å²) in [7, 11) is 0. The molecule has 2 atom stereocenters. The van der Waals surface area contributed by atoms with E-state index < -0.39 is 0 Å². The van der Waals surface area contributed by atoms with E-state index in [1.165, 1.54) is 30.4 Å². The quantitative estimate of drug-likeness (QED) is 0.560. The zero-order valence-electron chi connectivity index (χ0n) is 15.5. The van der Waals surface area contributed by atoms with Crippen molar-refractivity contribution >= 4 is 17.7 Å². The van der Waals surface area contributed by atoms with Gasteiger partial charge in [-0.2, -0.15) is 0 Å². The third kappa shape index (κ3) is 5.00. The van der Waals surface area contributed by atoms with Crippen LogP contribution in [0.5, 0.6) is 0 Å². The van der Waals surface area contributed by atoms with Gasteiger partial charge in [0.2, 0.25) is 0 Å². The molecule has 0 amide bonds. The van der Waals surface area contributed by atoms with Gasteiger partial charge in [0, 0.05) is 0 Å². The second-order valence-electron chi connectivity index (χ2n) is 7.83. The summed E-state index contributed by atoms with van der Waals surface area (Å²) in [6.07, 6.45) is 3.73. The fourth-order valence-corrected chi connectivity index (χ4v) is 3.51. The molecule has 0 saturated heterocycles. The van der Waals surface area contributed by atoms with Gasteiger partial charge in [0.15, 0.2) is 0 Å². The second kappa shape index (κ2) is 8.23. The van der Waals surface area contributed by atoms with E-state index in [2.05, 4.69) is 100 Å². The third-order valence-electron chi connectivity index (χ3n) is 5.02. The van der Waals surface area contributed by atoms with Crippen LogP contribution in [-0.2, 0) is 5.41 Å². The van der Waals surface area contributed by atoms with E-state index in [4.69, 9.17) is 0 Å². The Bertz CT molecular complexity index is 595. The molecule has 2 aromatic carbocycles. The van der Waals surface area contributed by atoms with Crippen LogP contribution in [0.4, 0.5) is 0 Å². The maximum absolute atomic E-state index is 2.36. The van der Waals surface area contributed by atoms with Crippen LogP contribution in [0.25, 0.3) is 0 Å². The van der Waals surface area contributed by atoms with Gasteiger partial charge in [0.1, 0.15) is 0 Å². The van der Waals surface area contributed by atoms with E-state index in [1.807, 2.05) is 0 Å². The predicted octanol–water partition coefficient (Wildman–Crippen LogP) is 6.17. The molecule has 0 heterocycles. The summed E-state index contributed by atoms with van der Waals surface area (Å²) in [6.45, 7) is 9.30. The van der Waals surface area contributed by atoms with Crippen LogP contribution in [0.1, 0.15) is 74.2 Å². The van der Waals surface area contributed by atoms with Crippen molar-refractivity contribution in [3.8, 4) is 0 Å². The molecule has 0 saturated carbocycles. The average molecular weight is 300 g/mol. The Labute approximate surface area is 151 Å². The molecule has 0 fully saturated rings. The molecule has 2 unspecified atom stereocenters. The summed E-state index contributed by atoms with van der Waals surface area (Å²) in [5.74, 6) is 0.664. The first kappa shape index (κ1) is 18.4. The monoisotopic (exact) mass is 300 g/mol. The molecule has 0 spiro atoms. The van der Waals surface area contributed by atoms with Gasteiger partial charge in [-0.15, -0.1) is 0 Å². The number of rotatable bonds is 6. The van der Waals surface area contributed by atoms with Crippen molar-refractivity contribution in [2.45, 2.75) is 62.9 Å². The van der Waals surface area contributed by atoms with Crippen LogP contribution in [0.3, 0.4) is 0 Å². The topological polar surface area (TPSA) is 0 Å². The molecule has 0 N–H and O–H groups in total. The first-order valence-corrected chi connectivity index (χ1v) is 9.07. The summed E-state index contributed by atoms with van der Waals surface area (Å²) >= 11 is 2.36. The summed E-state index contributed by atoms with van der Waals surface area (Å²) in [5.41, 5.74) is 4.75. The molecule has 0 aromatic heterocycles. The molecule has 2 aromatic rings. The number of benzene rings is 2. The Morgan fingerprint density at radius 1 is 0.870 bits per heavy atom. The Hall–Kier alpha value is -0.963. The Kier molecular flexibility index (Phi) is 6.58. The molecule has 23 heavy (non-hydrogen) atoms. The summed E-state index contributed by atoms with van der Waals surface area (Å²) < 4.78 is 0.632. The third-order valence-corrected chi connectivity index (χ3v) is 5.02. The van der Waals surface area contributed by atoms with Crippen molar-refractivity contribution in [1.29, 1.82) is 0 Å². The standard InChI is InChI=1S/C22H29.Li/c1-5-19(15-11-14-18-12-7-6-8-13-18)20-16-9-10-17-21(20)22(2,3)4;/h6-10,12-14,16-17,19H,5,11,15H2,1-4H3;. The molecule has 118 valence electrons. The Morgan fingerprint density at radius 3 is 2.09 bits per heavy atom. The second-order valence-corrected chi connectivity index (χ2v) is 7.83. The Morgan fingerprint density at radius 2 is 1.48 bits per heavy atom. The van der Waals surface area contributed by atoms with Crippen LogP contribution < -0.4 is 0 Å². The zero-order chi connectivity index (χ0) is 16.9. The molecule has 0 aliphatic rings. The molecular weight excluding hydrogens is 271 g/mol. The molecule has 0 nitrogen and oxygen atoms in total. The molecule has 2 rings (SSSR count). The fourth-order valence-electron chi connectivity index (χ4n) is 3.51. The van der Waals surface area contributed by atoms with E-state index in [9.17, 15) is 0 Å². The first-order valence-electron chi connectivity index (χ1n) is 9.07. The van der Waals surface area contributed by atoms with Crippen molar-refractivity contribution in [1.82, 2.24) is 0 Å². The van der Waals surface area contributed by atoms with Gasteiger partial charge < -0.3 is 0 Å². The summed E-state index contributed by atoms with van der Waals surface area (Å²) in [5, 5.41) is 0. The fraction of sp³-hybridized carbons (Fsp3) is 0.455. The Balaban J connectivity index is 2.12. The van der Waals surface area contributed by atoms with E-state index in [0.717, 1.165) is 0 Å². The van der Waals surface area contributed by atoms with Gasteiger partial charge in [0.05, 0.1) is 0 Å². The molecular formula is C22H29Li. The number of hydrogen-bond acceptors (Lipinski definition) is 0. The molecule has 0 bridgehead atoms. The van der Waals surface area contributed by atoms with Crippen LogP contribution in [0, 0.1) is 0 Å². The van der Waals surface area contributed by atoms with Crippen LogP contribution in [0.2, 0.25) is 0 Å². The van der Waals surface area contributed by atoms with Gasteiger partial charge in [0.25, 0.3) is 0 Å². The van der Waals surface area contributed by atoms with Gasteiger partial charge in [-0.05, 0) is 0 Å². The zero-order valence-corrected chi connectivity index (χ0v) is 15.5. The van der Waals surface area contributed by atoms with E-state index in [1.54, 1.807) is 5.56 Å². The average Bonchev–Trinajstić information content (AvgIpc) is 2.55. The van der Waals surface area contributed by atoms with Crippen LogP contribution in [0.15, 0.2) is 54.6 Å². The van der Waals surface area contributed by atoms with E-state index in [0.29, 0.717) is 10.5 Å². The minimum atomic E-state index is 0.217. The van der Waals surface area contributed by atoms with Gasteiger partial charge in [-0.1, -0.05) is 0 Å². The first-order chi connectivity index (χ1) is 10.9. The van der Waals surface area contributed by atoms with Crippen molar-refractivity contribution in [3.63, 3.8) is 0 Å². The van der Waals surface area contributed by atoms with Crippen molar-refractivity contribution < 1.29 is 0 Å². The molecule has 0 aliphatic heterocycles. The van der Waals surface area contributed by atoms with Crippen molar-refractivity contribution in [3.05, 3.63) is 71.3 Å². The normalized spacial score (nSPS) is 14.5.